The lowest BCUT2D eigenvalue weighted by atomic mass is 10.2. The number of carbonyl (C=O) groups excluding carboxylic acids is 1. The van der Waals surface area contributed by atoms with Crippen LogP contribution in [0.5, 0.6) is 0 Å². The molecule has 1 rings (SSSR count). The van der Waals surface area contributed by atoms with Crippen LogP contribution in [0.3, 0.4) is 0 Å². The average Bonchev–Trinajstić information content (AvgIpc) is 2.28. The molecule has 0 radical (unpaired) electrons. The van der Waals surface area contributed by atoms with Crippen LogP contribution >= 0.6 is 15.9 Å². The lowest BCUT2D eigenvalue weighted by molar-refractivity contribution is 0.0786. The molecule has 4 heteroatoms. The van der Waals surface area contributed by atoms with E-state index in [9.17, 15) is 9.18 Å². The normalized spacial score (nSPS) is 9.76. The number of benzene rings is 1. The van der Waals surface area contributed by atoms with Crippen molar-refractivity contribution in [2.75, 3.05) is 13.1 Å². The summed E-state index contributed by atoms with van der Waals surface area (Å²) in [4.78, 5) is 13.5. The molecule has 1 aromatic rings. The molecule has 0 saturated carbocycles. The Bertz CT molecular complexity index is 435. The Morgan fingerprint density at radius 2 is 1.94 bits per heavy atom. The van der Waals surface area contributed by atoms with Gasteiger partial charge in [-0.15, -0.1) is 13.2 Å². The molecule has 0 saturated heterocycles. The first-order valence-electron chi connectivity index (χ1n) is 5.06. The number of halogens is 2. The van der Waals surface area contributed by atoms with E-state index in [-0.39, 0.29) is 11.5 Å². The maximum absolute atomic E-state index is 13.6. The van der Waals surface area contributed by atoms with Gasteiger partial charge in [0, 0.05) is 17.6 Å². The minimum Gasteiger partial charge on any atom is -0.331 e. The van der Waals surface area contributed by atoms with Crippen LogP contribution in [0.1, 0.15) is 10.4 Å². The Morgan fingerprint density at radius 1 is 1.35 bits per heavy atom. The van der Waals surface area contributed by atoms with Crippen LogP contribution < -0.4 is 0 Å². The van der Waals surface area contributed by atoms with Gasteiger partial charge in [-0.2, -0.15) is 0 Å². The topological polar surface area (TPSA) is 20.3 Å². The van der Waals surface area contributed by atoms with E-state index in [1.54, 1.807) is 18.2 Å². The zero-order valence-corrected chi connectivity index (χ0v) is 10.9. The van der Waals surface area contributed by atoms with Crippen LogP contribution in [0, 0.1) is 5.82 Å². The van der Waals surface area contributed by atoms with Crippen molar-refractivity contribution < 1.29 is 9.18 Å². The Balaban J connectivity index is 2.99. The van der Waals surface area contributed by atoms with Gasteiger partial charge in [-0.25, -0.2) is 4.39 Å². The highest BCUT2D eigenvalue weighted by molar-refractivity contribution is 9.10. The molecule has 2 nitrogen and oxygen atoms in total. The second kappa shape index (κ2) is 6.35. The zero-order valence-electron chi connectivity index (χ0n) is 9.33. The van der Waals surface area contributed by atoms with E-state index in [1.807, 2.05) is 0 Å². The smallest absolute Gasteiger partial charge is 0.257 e. The maximum Gasteiger partial charge on any atom is 0.257 e. The fourth-order valence-corrected chi connectivity index (χ4v) is 1.72. The summed E-state index contributed by atoms with van der Waals surface area (Å²) >= 11 is 3.15. The Morgan fingerprint density at radius 3 is 2.41 bits per heavy atom. The SMILES string of the molecule is C=CCN(CC=C)C(=O)c1ccc(Br)cc1F. The van der Waals surface area contributed by atoms with Crippen molar-refractivity contribution in [3.63, 3.8) is 0 Å². The van der Waals surface area contributed by atoms with E-state index >= 15 is 0 Å². The molecule has 0 bridgehead atoms. The maximum atomic E-state index is 13.6. The molecule has 0 aliphatic carbocycles. The number of nitrogens with zero attached hydrogens (tertiary/aromatic N) is 1. The van der Waals surface area contributed by atoms with Crippen molar-refractivity contribution in [2.24, 2.45) is 0 Å². The van der Waals surface area contributed by atoms with Gasteiger partial charge >= 0.3 is 0 Å². The Labute approximate surface area is 109 Å². The largest absolute Gasteiger partial charge is 0.331 e. The van der Waals surface area contributed by atoms with E-state index in [1.165, 1.54) is 17.0 Å². The van der Waals surface area contributed by atoms with Gasteiger partial charge in [-0.1, -0.05) is 28.1 Å². The minimum absolute atomic E-state index is 0.0527. The zero-order chi connectivity index (χ0) is 12.8. The minimum atomic E-state index is -0.539. The Kier molecular flexibility index (Phi) is 5.10. The molecule has 0 N–H and O–H groups in total. The standard InChI is InChI=1S/C13H13BrFNO/c1-3-7-16(8-4-2)13(17)11-6-5-10(14)9-12(11)15/h3-6,9H,1-2,7-8H2. The fraction of sp³-hybridized carbons (Fsp3) is 0.154. The summed E-state index contributed by atoms with van der Waals surface area (Å²) in [6.07, 6.45) is 3.19. The summed E-state index contributed by atoms with van der Waals surface area (Å²) < 4.78 is 14.2. The van der Waals surface area contributed by atoms with Crippen LogP contribution in [0.4, 0.5) is 4.39 Å². The van der Waals surface area contributed by atoms with Crippen molar-refractivity contribution >= 4 is 21.8 Å². The molecule has 0 heterocycles. The summed E-state index contributed by atoms with van der Waals surface area (Å²) in [5.74, 6) is -0.905. The number of rotatable bonds is 5. The van der Waals surface area contributed by atoms with Gasteiger partial charge in [0.25, 0.3) is 5.91 Å². The highest BCUT2D eigenvalue weighted by Gasteiger charge is 2.17. The van der Waals surface area contributed by atoms with Crippen molar-refractivity contribution in [1.29, 1.82) is 0 Å². The first-order valence-corrected chi connectivity index (χ1v) is 5.85. The summed E-state index contributed by atoms with van der Waals surface area (Å²) in [7, 11) is 0. The predicted octanol–water partition coefficient (Wildman–Crippen LogP) is 3.40. The molecular weight excluding hydrogens is 285 g/mol. The molecule has 0 aliphatic rings. The lowest BCUT2D eigenvalue weighted by Gasteiger charge is -2.19. The molecule has 0 spiro atoms. The van der Waals surface area contributed by atoms with Crippen LogP contribution in [0.2, 0.25) is 0 Å². The summed E-state index contributed by atoms with van der Waals surface area (Å²) in [5.41, 5.74) is 0.0527. The van der Waals surface area contributed by atoms with Crippen molar-refractivity contribution in [3.05, 3.63) is 59.4 Å². The quantitative estimate of drug-likeness (QED) is 0.763. The van der Waals surface area contributed by atoms with Gasteiger partial charge in [-0.3, -0.25) is 4.79 Å². The summed E-state index contributed by atoms with van der Waals surface area (Å²) in [6, 6.07) is 4.37. The van der Waals surface area contributed by atoms with E-state index in [4.69, 9.17) is 0 Å². The molecule has 0 fully saturated rings. The molecule has 1 amide bonds. The molecule has 0 unspecified atom stereocenters. The Hall–Kier alpha value is -1.42. The number of hydrogen-bond donors (Lipinski definition) is 0. The first-order chi connectivity index (χ1) is 8.10. The van der Waals surface area contributed by atoms with Gasteiger partial charge in [-0.05, 0) is 18.2 Å². The van der Waals surface area contributed by atoms with Crippen LogP contribution in [-0.4, -0.2) is 23.9 Å². The number of hydrogen-bond acceptors (Lipinski definition) is 1. The average molecular weight is 298 g/mol. The molecule has 17 heavy (non-hydrogen) atoms. The van der Waals surface area contributed by atoms with E-state index < -0.39 is 5.82 Å². The first kappa shape index (κ1) is 13.6. The highest BCUT2D eigenvalue weighted by Crippen LogP contribution is 2.16. The summed E-state index contributed by atoms with van der Waals surface area (Å²) in [6.45, 7) is 7.85. The lowest BCUT2D eigenvalue weighted by Crippen LogP contribution is -2.31. The van der Waals surface area contributed by atoms with Crippen LogP contribution in [0.15, 0.2) is 48.0 Å². The third kappa shape index (κ3) is 3.53. The molecule has 0 aromatic heterocycles. The molecular formula is C13H13BrFNO. The second-order valence-corrected chi connectivity index (χ2v) is 4.33. The van der Waals surface area contributed by atoms with Crippen molar-refractivity contribution in [3.8, 4) is 0 Å². The molecule has 90 valence electrons. The third-order valence-electron chi connectivity index (χ3n) is 2.15. The molecule has 1 aromatic carbocycles. The van der Waals surface area contributed by atoms with Crippen molar-refractivity contribution in [2.45, 2.75) is 0 Å². The van der Waals surface area contributed by atoms with E-state index in [0.29, 0.717) is 17.6 Å². The number of carbonyl (C=O) groups is 1. The van der Waals surface area contributed by atoms with Crippen LogP contribution in [-0.2, 0) is 0 Å². The second-order valence-electron chi connectivity index (χ2n) is 3.41. The van der Waals surface area contributed by atoms with Gasteiger partial charge in [0.1, 0.15) is 5.82 Å². The van der Waals surface area contributed by atoms with E-state index in [0.717, 1.165) is 0 Å². The molecule has 0 aliphatic heterocycles. The van der Waals surface area contributed by atoms with Crippen molar-refractivity contribution in [1.82, 2.24) is 4.90 Å². The fourth-order valence-electron chi connectivity index (χ4n) is 1.39. The van der Waals surface area contributed by atoms with Crippen LogP contribution in [0.25, 0.3) is 0 Å². The molecule has 0 atom stereocenters. The predicted molar refractivity (Wildman–Crippen MR) is 70.4 cm³/mol. The summed E-state index contributed by atoms with van der Waals surface area (Å²) in [5, 5.41) is 0. The highest BCUT2D eigenvalue weighted by atomic mass is 79.9. The van der Waals surface area contributed by atoms with Gasteiger partial charge < -0.3 is 4.90 Å². The third-order valence-corrected chi connectivity index (χ3v) is 2.64. The van der Waals surface area contributed by atoms with E-state index in [2.05, 4.69) is 29.1 Å². The van der Waals surface area contributed by atoms with Gasteiger partial charge in [0.05, 0.1) is 5.56 Å². The van der Waals surface area contributed by atoms with Gasteiger partial charge in [0.15, 0.2) is 0 Å². The van der Waals surface area contributed by atoms with Gasteiger partial charge in [0.2, 0.25) is 0 Å². The monoisotopic (exact) mass is 297 g/mol. The number of amides is 1.